The molecule has 4 aromatic rings. The highest BCUT2D eigenvalue weighted by Crippen LogP contribution is 2.30. The third kappa shape index (κ3) is 2.97. The number of rotatable bonds is 4. The summed E-state index contributed by atoms with van der Waals surface area (Å²) in [5, 5.41) is 2.21. The van der Waals surface area contributed by atoms with Crippen molar-refractivity contribution in [3.63, 3.8) is 0 Å². The number of aromatic nitrogens is 1. The maximum atomic E-state index is 11.9. The third-order valence-electron chi connectivity index (χ3n) is 4.10. The molecule has 2 heterocycles. The molecule has 2 aromatic carbocycles. The van der Waals surface area contributed by atoms with Crippen LogP contribution in [0.3, 0.4) is 0 Å². The number of hydrogen-bond donors (Lipinski definition) is 0. The van der Waals surface area contributed by atoms with Gasteiger partial charge in [0.2, 0.25) is 0 Å². The Balaban J connectivity index is 1.73. The van der Waals surface area contributed by atoms with Crippen molar-refractivity contribution in [3.05, 3.63) is 75.7 Å². The van der Waals surface area contributed by atoms with Crippen molar-refractivity contribution in [2.45, 2.75) is 6.61 Å². The molecule has 130 valence electrons. The molecule has 0 aliphatic rings. The Morgan fingerprint density at radius 1 is 1.12 bits per heavy atom. The number of pyridine rings is 1. The molecule has 0 saturated heterocycles. The van der Waals surface area contributed by atoms with Crippen LogP contribution in [-0.2, 0) is 6.61 Å². The topological polar surface area (TPSA) is 61.6 Å². The van der Waals surface area contributed by atoms with Gasteiger partial charge in [0.25, 0.3) is 0 Å². The molecule has 0 bridgehead atoms. The average Bonchev–Trinajstić information content (AvgIpc) is 2.67. The van der Waals surface area contributed by atoms with Crippen molar-refractivity contribution in [2.75, 3.05) is 7.11 Å². The van der Waals surface area contributed by atoms with Gasteiger partial charge in [0, 0.05) is 34.7 Å². The Morgan fingerprint density at radius 3 is 2.85 bits per heavy atom. The molecule has 0 N–H and O–H groups in total. The maximum absolute atomic E-state index is 11.9. The first-order valence-corrected chi connectivity index (χ1v) is 8.30. The van der Waals surface area contributed by atoms with Crippen molar-refractivity contribution in [3.8, 4) is 11.5 Å². The second-order valence-corrected chi connectivity index (χ2v) is 6.09. The fourth-order valence-electron chi connectivity index (χ4n) is 2.84. The molecule has 6 heteroatoms. The van der Waals surface area contributed by atoms with Crippen LogP contribution in [0.1, 0.15) is 5.56 Å². The third-order valence-corrected chi connectivity index (χ3v) is 4.43. The van der Waals surface area contributed by atoms with Gasteiger partial charge in [-0.05, 0) is 36.4 Å². The molecule has 0 atom stereocenters. The first-order chi connectivity index (χ1) is 12.7. The fourth-order valence-corrected chi connectivity index (χ4v) is 3.06. The van der Waals surface area contributed by atoms with E-state index in [0.29, 0.717) is 27.6 Å². The van der Waals surface area contributed by atoms with E-state index in [0.717, 1.165) is 16.3 Å². The summed E-state index contributed by atoms with van der Waals surface area (Å²) < 4.78 is 16.4. The SMILES string of the molecule is COc1ccc2c(COc3ccc(Cl)c4cccnc34)cc(=O)oc2c1. The molecule has 0 spiro atoms. The van der Waals surface area contributed by atoms with Crippen LogP contribution in [0.5, 0.6) is 11.5 Å². The molecule has 0 radical (unpaired) electrons. The lowest BCUT2D eigenvalue weighted by Gasteiger charge is -2.11. The van der Waals surface area contributed by atoms with Crippen LogP contribution in [0.25, 0.3) is 21.9 Å². The highest BCUT2D eigenvalue weighted by Gasteiger charge is 2.10. The highest BCUT2D eigenvalue weighted by molar-refractivity contribution is 6.35. The average molecular weight is 368 g/mol. The van der Waals surface area contributed by atoms with Crippen LogP contribution < -0.4 is 15.1 Å². The Labute approximate surface area is 153 Å². The molecule has 2 aromatic heterocycles. The fraction of sp³-hybridized carbons (Fsp3) is 0.100. The molecular formula is C20H14ClNO4. The van der Waals surface area contributed by atoms with E-state index in [9.17, 15) is 4.79 Å². The summed E-state index contributed by atoms with van der Waals surface area (Å²) in [6.07, 6.45) is 1.68. The van der Waals surface area contributed by atoms with Gasteiger partial charge in [-0.15, -0.1) is 0 Å². The van der Waals surface area contributed by atoms with Crippen LogP contribution in [0.15, 0.2) is 63.9 Å². The Kier molecular flexibility index (Phi) is 4.22. The summed E-state index contributed by atoms with van der Waals surface area (Å²) in [6, 6.07) is 14.0. The highest BCUT2D eigenvalue weighted by atomic mass is 35.5. The molecule has 0 aliphatic carbocycles. The standard InChI is InChI=1S/C20H14ClNO4/c1-24-13-4-5-14-12(9-19(23)26-18(14)10-13)11-25-17-7-6-16(21)15-3-2-8-22-20(15)17/h2-10H,11H2,1H3. The molecule has 0 saturated carbocycles. The number of nitrogens with zero attached hydrogens (tertiary/aromatic N) is 1. The molecule has 0 amide bonds. The minimum atomic E-state index is -0.441. The van der Waals surface area contributed by atoms with Gasteiger partial charge in [0.1, 0.15) is 29.2 Å². The minimum Gasteiger partial charge on any atom is -0.497 e. The maximum Gasteiger partial charge on any atom is 0.336 e. The lowest BCUT2D eigenvalue weighted by atomic mass is 10.1. The van der Waals surface area contributed by atoms with E-state index in [1.54, 1.807) is 31.5 Å². The van der Waals surface area contributed by atoms with Gasteiger partial charge >= 0.3 is 5.63 Å². The second kappa shape index (κ2) is 6.69. The number of ether oxygens (including phenoxy) is 2. The first-order valence-electron chi connectivity index (χ1n) is 7.92. The van der Waals surface area contributed by atoms with E-state index in [-0.39, 0.29) is 6.61 Å². The Bertz CT molecular complexity index is 1170. The zero-order valence-corrected chi connectivity index (χ0v) is 14.6. The molecule has 0 aliphatic heterocycles. The van der Waals surface area contributed by atoms with Gasteiger partial charge < -0.3 is 13.9 Å². The van der Waals surface area contributed by atoms with Crippen molar-refractivity contribution >= 4 is 33.5 Å². The van der Waals surface area contributed by atoms with Gasteiger partial charge in [-0.2, -0.15) is 0 Å². The predicted molar refractivity (Wildman–Crippen MR) is 100 cm³/mol. The summed E-state index contributed by atoms with van der Waals surface area (Å²) in [5.41, 5.74) is 1.41. The molecule has 4 rings (SSSR count). The summed E-state index contributed by atoms with van der Waals surface area (Å²) >= 11 is 6.21. The van der Waals surface area contributed by atoms with E-state index in [2.05, 4.69) is 4.98 Å². The molecule has 0 unspecified atom stereocenters. The summed E-state index contributed by atoms with van der Waals surface area (Å²) in [4.78, 5) is 16.2. The van der Waals surface area contributed by atoms with E-state index in [4.69, 9.17) is 25.5 Å². The lowest BCUT2D eigenvalue weighted by Crippen LogP contribution is -2.04. The van der Waals surface area contributed by atoms with E-state index in [1.807, 2.05) is 24.3 Å². The summed E-state index contributed by atoms with van der Waals surface area (Å²) in [6.45, 7) is 0.196. The normalized spacial score (nSPS) is 11.0. The van der Waals surface area contributed by atoms with Crippen LogP contribution in [0, 0.1) is 0 Å². The van der Waals surface area contributed by atoms with Crippen molar-refractivity contribution < 1.29 is 13.9 Å². The minimum absolute atomic E-state index is 0.196. The van der Waals surface area contributed by atoms with Crippen molar-refractivity contribution in [1.29, 1.82) is 0 Å². The zero-order valence-electron chi connectivity index (χ0n) is 13.9. The van der Waals surface area contributed by atoms with Gasteiger partial charge in [-0.1, -0.05) is 11.6 Å². The van der Waals surface area contributed by atoms with E-state index >= 15 is 0 Å². The van der Waals surface area contributed by atoms with E-state index in [1.165, 1.54) is 6.07 Å². The number of methoxy groups -OCH3 is 1. The summed E-state index contributed by atoms with van der Waals surface area (Å²) in [7, 11) is 1.56. The van der Waals surface area contributed by atoms with Gasteiger partial charge in [0.05, 0.1) is 12.1 Å². The quantitative estimate of drug-likeness (QED) is 0.494. The second-order valence-electron chi connectivity index (χ2n) is 5.69. The van der Waals surface area contributed by atoms with E-state index < -0.39 is 5.63 Å². The molecule has 26 heavy (non-hydrogen) atoms. The van der Waals surface area contributed by atoms with Crippen LogP contribution in [0.4, 0.5) is 0 Å². The van der Waals surface area contributed by atoms with Crippen molar-refractivity contribution in [1.82, 2.24) is 4.98 Å². The lowest BCUT2D eigenvalue weighted by molar-refractivity contribution is 0.310. The summed E-state index contributed by atoms with van der Waals surface area (Å²) in [5.74, 6) is 1.21. The van der Waals surface area contributed by atoms with Crippen LogP contribution in [-0.4, -0.2) is 12.1 Å². The van der Waals surface area contributed by atoms with Crippen LogP contribution in [0.2, 0.25) is 5.02 Å². The van der Waals surface area contributed by atoms with Crippen LogP contribution >= 0.6 is 11.6 Å². The first kappa shape index (κ1) is 16.4. The number of fused-ring (bicyclic) bond motifs is 2. The zero-order chi connectivity index (χ0) is 18.1. The van der Waals surface area contributed by atoms with Crippen molar-refractivity contribution in [2.24, 2.45) is 0 Å². The molecule has 5 nitrogen and oxygen atoms in total. The number of hydrogen-bond acceptors (Lipinski definition) is 5. The Hall–Kier alpha value is -3.05. The van der Waals surface area contributed by atoms with Gasteiger partial charge in [-0.25, -0.2) is 4.79 Å². The Morgan fingerprint density at radius 2 is 2.00 bits per heavy atom. The van der Waals surface area contributed by atoms with Gasteiger partial charge in [0.15, 0.2) is 0 Å². The molecular weight excluding hydrogens is 354 g/mol. The predicted octanol–water partition coefficient (Wildman–Crippen LogP) is 4.58. The monoisotopic (exact) mass is 367 g/mol. The smallest absolute Gasteiger partial charge is 0.336 e. The number of halogens is 1. The molecule has 0 fully saturated rings. The number of benzene rings is 2. The van der Waals surface area contributed by atoms with Gasteiger partial charge in [-0.3, -0.25) is 4.98 Å². The largest absolute Gasteiger partial charge is 0.497 e.